The van der Waals surface area contributed by atoms with E-state index in [1.807, 2.05) is 0 Å². The van der Waals surface area contributed by atoms with Crippen LogP contribution in [0.1, 0.15) is 25.3 Å². The Balaban J connectivity index is 1.43. The lowest BCUT2D eigenvalue weighted by molar-refractivity contribution is 0.705. The standard InChI is InChI=1S/C44H38N2/c1-31-21-25-35(26-22-31)45(33-13-5-3-6-14-33)43-29-41-38-18-10-12-20-40(38)44(30-42(41)37-17-9-11-19-39(37)43)46(34-15-7-4-8-16-34)36-27-23-32(2)24-28-36/h3-15,17-23,25-30,32,34H,16,24H2,1-2H3. The maximum Gasteiger partial charge on any atom is 0.0559 e. The van der Waals surface area contributed by atoms with Gasteiger partial charge in [0.15, 0.2) is 0 Å². The number of fused-ring (bicyclic) bond motifs is 5. The van der Waals surface area contributed by atoms with Crippen molar-refractivity contribution in [2.75, 3.05) is 9.80 Å². The molecule has 0 fully saturated rings. The molecule has 6 aromatic rings. The third-order valence-electron chi connectivity index (χ3n) is 9.51. The van der Waals surface area contributed by atoms with Crippen molar-refractivity contribution in [2.45, 2.75) is 32.7 Å². The van der Waals surface area contributed by atoms with Crippen molar-refractivity contribution in [1.82, 2.24) is 0 Å². The molecular weight excluding hydrogens is 556 g/mol. The highest BCUT2D eigenvalue weighted by Crippen LogP contribution is 2.46. The van der Waals surface area contributed by atoms with E-state index in [1.54, 1.807) is 0 Å². The molecule has 0 saturated carbocycles. The van der Waals surface area contributed by atoms with Gasteiger partial charge in [-0.25, -0.2) is 0 Å². The van der Waals surface area contributed by atoms with Gasteiger partial charge in [-0.1, -0.05) is 128 Å². The van der Waals surface area contributed by atoms with E-state index >= 15 is 0 Å². The normalized spacial score (nSPS) is 17.5. The minimum atomic E-state index is 0.246. The van der Waals surface area contributed by atoms with Gasteiger partial charge in [-0.3, -0.25) is 0 Å². The second-order valence-electron chi connectivity index (χ2n) is 12.7. The Labute approximate surface area is 271 Å². The topological polar surface area (TPSA) is 6.48 Å². The van der Waals surface area contributed by atoms with E-state index in [-0.39, 0.29) is 6.04 Å². The minimum absolute atomic E-state index is 0.246. The highest BCUT2D eigenvalue weighted by molar-refractivity contribution is 6.24. The first kappa shape index (κ1) is 28.2. The zero-order valence-corrected chi connectivity index (χ0v) is 26.5. The molecule has 2 atom stereocenters. The van der Waals surface area contributed by atoms with Crippen LogP contribution in [0, 0.1) is 12.8 Å². The van der Waals surface area contributed by atoms with Crippen molar-refractivity contribution in [3.63, 3.8) is 0 Å². The summed E-state index contributed by atoms with van der Waals surface area (Å²) in [5.74, 6) is 0.559. The van der Waals surface area contributed by atoms with E-state index in [9.17, 15) is 0 Å². The molecule has 0 aromatic heterocycles. The van der Waals surface area contributed by atoms with Gasteiger partial charge in [-0.2, -0.15) is 0 Å². The van der Waals surface area contributed by atoms with Crippen LogP contribution in [-0.2, 0) is 0 Å². The average molecular weight is 595 g/mol. The Morgan fingerprint density at radius 2 is 1.17 bits per heavy atom. The number of para-hydroxylation sites is 1. The van der Waals surface area contributed by atoms with Crippen LogP contribution in [0.15, 0.2) is 163 Å². The van der Waals surface area contributed by atoms with E-state index in [1.165, 1.54) is 55.0 Å². The summed E-state index contributed by atoms with van der Waals surface area (Å²) >= 11 is 0. The molecule has 0 aliphatic heterocycles. The highest BCUT2D eigenvalue weighted by Gasteiger charge is 2.25. The summed E-state index contributed by atoms with van der Waals surface area (Å²) in [7, 11) is 0. The maximum atomic E-state index is 2.58. The molecule has 0 radical (unpaired) electrons. The molecule has 0 amide bonds. The van der Waals surface area contributed by atoms with Crippen LogP contribution in [-0.4, -0.2) is 6.04 Å². The van der Waals surface area contributed by atoms with Gasteiger partial charge in [0.25, 0.3) is 0 Å². The number of nitrogens with zero attached hydrogens (tertiary/aromatic N) is 2. The summed E-state index contributed by atoms with van der Waals surface area (Å²) in [6, 6.07) is 42.7. The van der Waals surface area contributed by atoms with E-state index in [0.29, 0.717) is 5.92 Å². The first-order valence-electron chi connectivity index (χ1n) is 16.5. The SMILES string of the molecule is Cc1ccc(N(c2ccccc2)c2cc3c4ccccc4c(N(C4=CCC(C)C=C4)C4C=CC=CC4)cc3c3ccccc23)cc1. The van der Waals surface area contributed by atoms with E-state index < -0.39 is 0 Å². The Bertz CT molecular complexity index is 2180. The predicted octanol–water partition coefficient (Wildman–Crippen LogP) is 12.1. The van der Waals surface area contributed by atoms with Crippen LogP contribution in [0.5, 0.6) is 0 Å². The quantitative estimate of drug-likeness (QED) is 0.177. The number of anilines is 4. The Morgan fingerprint density at radius 3 is 1.80 bits per heavy atom. The number of benzene rings is 6. The Hall–Kier alpha value is -5.34. The number of aryl methyl sites for hydroxylation is 1. The molecule has 0 N–H and O–H groups in total. The molecule has 8 rings (SSSR count). The highest BCUT2D eigenvalue weighted by atomic mass is 15.2. The molecule has 2 nitrogen and oxygen atoms in total. The van der Waals surface area contributed by atoms with Gasteiger partial charge in [-0.05, 0) is 89.7 Å². The number of rotatable bonds is 6. The number of hydrogen-bond acceptors (Lipinski definition) is 2. The molecule has 2 heteroatoms. The second kappa shape index (κ2) is 11.9. The molecule has 0 saturated heterocycles. The summed E-state index contributed by atoms with van der Waals surface area (Å²) in [5.41, 5.74) is 7.27. The lowest BCUT2D eigenvalue weighted by atomic mass is 9.92. The van der Waals surface area contributed by atoms with Crippen molar-refractivity contribution in [1.29, 1.82) is 0 Å². The predicted molar refractivity (Wildman–Crippen MR) is 199 cm³/mol. The fourth-order valence-electron chi connectivity index (χ4n) is 7.16. The van der Waals surface area contributed by atoms with Gasteiger partial charge in [0.05, 0.1) is 17.4 Å². The number of hydrogen-bond donors (Lipinski definition) is 0. The van der Waals surface area contributed by atoms with Crippen LogP contribution in [0.3, 0.4) is 0 Å². The molecule has 2 unspecified atom stereocenters. The third-order valence-corrected chi connectivity index (χ3v) is 9.51. The fourth-order valence-corrected chi connectivity index (χ4v) is 7.16. The van der Waals surface area contributed by atoms with Crippen LogP contribution in [0.2, 0.25) is 0 Å². The lowest BCUT2D eigenvalue weighted by Crippen LogP contribution is -2.33. The summed E-state index contributed by atoms with van der Waals surface area (Å²) in [6.45, 7) is 4.44. The van der Waals surface area contributed by atoms with Gasteiger partial charge < -0.3 is 9.80 Å². The molecule has 0 bridgehead atoms. The Kier molecular flexibility index (Phi) is 7.27. The zero-order valence-electron chi connectivity index (χ0n) is 26.5. The molecular formula is C44H38N2. The zero-order chi connectivity index (χ0) is 31.0. The Morgan fingerprint density at radius 1 is 0.565 bits per heavy atom. The van der Waals surface area contributed by atoms with Gasteiger partial charge in [0, 0.05) is 27.8 Å². The molecule has 2 aliphatic rings. The van der Waals surface area contributed by atoms with Gasteiger partial charge in [0.2, 0.25) is 0 Å². The van der Waals surface area contributed by atoms with Gasteiger partial charge >= 0.3 is 0 Å². The van der Waals surface area contributed by atoms with Crippen molar-refractivity contribution in [2.24, 2.45) is 5.92 Å². The fraction of sp³-hybridized carbons (Fsp3) is 0.136. The second-order valence-corrected chi connectivity index (χ2v) is 12.7. The maximum absolute atomic E-state index is 2.58. The molecule has 0 spiro atoms. The molecule has 0 heterocycles. The molecule has 6 aromatic carbocycles. The minimum Gasteiger partial charge on any atom is -0.334 e. The number of allylic oxidation sites excluding steroid dienone is 5. The van der Waals surface area contributed by atoms with Crippen LogP contribution in [0.25, 0.3) is 32.3 Å². The smallest absolute Gasteiger partial charge is 0.0559 e. The summed E-state index contributed by atoms with van der Waals surface area (Å²) in [5, 5.41) is 7.58. The summed E-state index contributed by atoms with van der Waals surface area (Å²) in [4.78, 5) is 4.99. The van der Waals surface area contributed by atoms with E-state index in [2.05, 4.69) is 181 Å². The molecule has 46 heavy (non-hydrogen) atoms. The van der Waals surface area contributed by atoms with Crippen molar-refractivity contribution in [3.05, 3.63) is 169 Å². The monoisotopic (exact) mass is 594 g/mol. The lowest BCUT2D eigenvalue weighted by Gasteiger charge is -2.36. The van der Waals surface area contributed by atoms with Crippen molar-refractivity contribution >= 4 is 55.1 Å². The molecule has 224 valence electrons. The largest absolute Gasteiger partial charge is 0.334 e. The molecule has 2 aliphatic carbocycles. The third kappa shape index (κ3) is 5.01. The van der Waals surface area contributed by atoms with Crippen molar-refractivity contribution < 1.29 is 0 Å². The summed E-state index contributed by atoms with van der Waals surface area (Å²) in [6.07, 6.45) is 18.2. The van der Waals surface area contributed by atoms with Crippen molar-refractivity contribution in [3.8, 4) is 0 Å². The summed E-state index contributed by atoms with van der Waals surface area (Å²) < 4.78 is 0. The first-order valence-corrected chi connectivity index (χ1v) is 16.5. The van der Waals surface area contributed by atoms with Gasteiger partial charge in [0.1, 0.15) is 0 Å². The average Bonchev–Trinajstić information content (AvgIpc) is 3.11. The van der Waals surface area contributed by atoms with Gasteiger partial charge in [-0.15, -0.1) is 0 Å². The van der Waals surface area contributed by atoms with E-state index in [0.717, 1.165) is 24.2 Å². The van der Waals surface area contributed by atoms with Crippen LogP contribution >= 0.6 is 0 Å². The van der Waals surface area contributed by atoms with Crippen LogP contribution < -0.4 is 9.80 Å². The van der Waals surface area contributed by atoms with E-state index in [4.69, 9.17) is 0 Å². The first-order chi connectivity index (χ1) is 22.7. The van der Waals surface area contributed by atoms with Crippen LogP contribution in [0.4, 0.5) is 22.7 Å².